The predicted octanol–water partition coefficient (Wildman–Crippen LogP) is 3.76. The van der Waals surface area contributed by atoms with Crippen LogP contribution in [-0.2, 0) is 0 Å². The van der Waals surface area contributed by atoms with Crippen molar-refractivity contribution in [3.05, 3.63) is 0 Å². The summed E-state index contributed by atoms with van der Waals surface area (Å²) < 4.78 is 0. The molecule has 0 unspecified atom stereocenters. The third kappa shape index (κ3) is 3.24. The second-order valence-electron chi connectivity index (χ2n) is 3.80. The Morgan fingerprint density at radius 1 is 0.700 bits per heavy atom. The Morgan fingerprint density at radius 3 is 1.60 bits per heavy atom. The Balaban J connectivity index is 2.15. The smallest absolute Gasteiger partial charge is 0.0443 e. The largest absolute Gasteiger partial charge is 0.0625 e. The van der Waals surface area contributed by atoms with E-state index in [2.05, 4.69) is 6.92 Å². The fourth-order valence-corrected chi connectivity index (χ4v) is 1.84. The van der Waals surface area contributed by atoms with Crippen molar-refractivity contribution < 1.29 is 0 Å². The van der Waals surface area contributed by atoms with Gasteiger partial charge in [-0.05, 0) is 5.92 Å². The molecular formula is C10H20. The highest BCUT2D eigenvalue weighted by atomic mass is 14.1. The first-order valence-corrected chi connectivity index (χ1v) is 4.89. The minimum Gasteiger partial charge on any atom is -0.0625 e. The lowest BCUT2D eigenvalue weighted by Crippen LogP contribution is -1.92. The van der Waals surface area contributed by atoms with E-state index in [1.165, 1.54) is 51.4 Å². The van der Waals surface area contributed by atoms with Crippen molar-refractivity contribution in [2.75, 3.05) is 0 Å². The quantitative estimate of drug-likeness (QED) is 0.480. The Labute approximate surface area is 65.0 Å². The summed E-state index contributed by atoms with van der Waals surface area (Å²) in [4.78, 5) is 0. The fraction of sp³-hybridized carbons (Fsp3) is 1.00. The van der Waals surface area contributed by atoms with E-state index in [1.54, 1.807) is 0 Å². The molecule has 0 radical (unpaired) electrons. The zero-order valence-corrected chi connectivity index (χ0v) is 7.23. The Hall–Kier alpha value is 0. The lowest BCUT2D eigenvalue weighted by molar-refractivity contribution is 0.465. The second kappa shape index (κ2) is 4.76. The van der Waals surface area contributed by atoms with E-state index in [0.29, 0.717) is 0 Å². The van der Waals surface area contributed by atoms with Crippen molar-refractivity contribution in [2.24, 2.45) is 5.92 Å². The number of hydrogen-bond acceptors (Lipinski definition) is 0. The van der Waals surface area contributed by atoms with Crippen molar-refractivity contribution in [1.29, 1.82) is 0 Å². The second-order valence-corrected chi connectivity index (χ2v) is 3.80. The van der Waals surface area contributed by atoms with Crippen LogP contribution in [0.1, 0.15) is 58.3 Å². The first-order chi connectivity index (χ1) is 4.89. The van der Waals surface area contributed by atoms with Gasteiger partial charge < -0.3 is 0 Å². The molecule has 10 heavy (non-hydrogen) atoms. The SMILES string of the molecule is CC1CCCCCCCC1. The summed E-state index contributed by atoms with van der Waals surface area (Å²) in [6.45, 7) is 2.41. The van der Waals surface area contributed by atoms with Gasteiger partial charge in [0.15, 0.2) is 0 Å². The van der Waals surface area contributed by atoms with Gasteiger partial charge in [-0.15, -0.1) is 0 Å². The van der Waals surface area contributed by atoms with Crippen LogP contribution in [-0.4, -0.2) is 0 Å². The molecule has 1 aliphatic rings. The molecular weight excluding hydrogens is 120 g/mol. The van der Waals surface area contributed by atoms with Crippen LogP contribution in [0.4, 0.5) is 0 Å². The van der Waals surface area contributed by atoms with Crippen molar-refractivity contribution >= 4 is 0 Å². The monoisotopic (exact) mass is 140 g/mol. The van der Waals surface area contributed by atoms with Gasteiger partial charge in [0.2, 0.25) is 0 Å². The molecule has 0 saturated heterocycles. The highest BCUT2D eigenvalue weighted by Gasteiger charge is 2.03. The van der Waals surface area contributed by atoms with Crippen LogP contribution in [0.25, 0.3) is 0 Å². The van der Waals surface area contributed by atoms with Crippen LogP contribution in [0, 0.1) is 5.92 Å². The van der Waals surface area contributed by atoms with Gasteiger partial charge in [0, 0.05) is 0 Å². The molecule has 0 bridgehead atoms. The van der Waals surface area contributed by atoms with Crippen LogP contribution in [0.2, 0.25) is 0 Å². The summed E-state index contributed by atoms with van der Waals surface area (Å²) in [5, 5.41) is 0. The van der Waals surface area contributed by atoms with Crippen molar-refractivity contribution in [2.45, 2.75) is 58.3 Å². The van der Waals surface area contributed by atoms with Crippen LogP contribution in [0.15, 0.2) is 0 Å². The van der Waals surface area contributed by atoms with Crippen LogP contribution >= 0.6 is 0 Å². The molecule has 60 valence electrons. The molecule has 0 atom stereocenters. The maximum atomic E-state index is 2.41. The molecule has 0 aromatic heterocycles. The summed E-state index contributed by atoms with van der Waals surface area (Å²) in [5.74, 6) is 1.01. The van der Waals surface area contributed by atoms with Gasteiger partial charge >= 0.3 is 0 Å². The van der Waals surface area contributed by atoms with E-state index in [4.69, 9.17) is 0 Å². The van der Waals surface area contributed by atoms with E-state index in [-0.39, 0.29) is 0 Å². The summed E-state index contributed by atoms with van der Waals surface area (Å²) in [7, 11) is 0. The molecule has 1 rings (SSSR count). The Bertz CT molecular complexity index is 66.1. The zero-order valence-electron chi connectivity index (χ0n) is 7.23. The normalized spacial score (nSPS) is 24.9. The first-order valence-electron chi connectivity index (χ1n) is 4.89. The molecule has 0 heterocycles. The topological polar surface area (TPSA) is 0 Å². The summed E-state index contributed by atoms with van der Waals surface area (Å²) in [6.07, 6.45) is 11.9. The third-order valence-electron chi connectivity index (χ3n) is 2.64. The summed E-state index contributed by atoms with van der Waals surface area (Å²) in [6, 6.07) is 0. The molecule has 1 fully saturated rings. The summed E-state index contributed by atoms with van der Waals surface area (Å²) in [5.41, 5.74) is 0. The summed E-state index contributed by atoms with van der Waals surface area (Å²) >= 11 is 0. The molecule has 0 heteroatoms. The van der Waals surface area contributed by atoms with Gasteiger partial charge in [0.1, 0.15) is 0 Å². The lowest BCUT2D eigenvalue weighted by Gasteiger charge is -2.07. The minimum atomic E-state index is 1.01. The van der Waals surface area contributed by atoms with Gasteiger partial charge in [0.25, 0.3) is 0 Å². The van der Waals surface area contributed by atoms with E-state index < -0.39 is 0 Å². The fourth-order valence-electron chi connectivity index (χ4n) is 1.84. The van der Waals surface area contributed by atoms with Crippen molar-refractivity contribution in [3.8, 4) is 0 Å². The molecule has 0 aliphatic heterocycles. The molecule has 0 aromatic carbocycles. The Morgan fingerprint density at radius 2 is 1.10 bits per heavy atom. The first kappa shape index (κ1) is 8.10. The highest BCUT2D eigenvalue weighted by molar-refractivity contribution is 4.57. The molecule has 0 aromatic rings. The number of hydrogen-bond donors (Lipinski definition) is 0. The standard InChI is InChI=1S/C10H20/c1-10-8-6-4-2-3-5-7-9-10/h10H,2-9H2,1H3. The van der Waals surface area contributed by atoms with E-state index in [0.717, 1.165) is 5.92 Å². The van der Waals surface area contributed by atoms with Gasteiger partial charge in [-0.3, -0.25) is 0 Å². The van der Waals surface area contributed by atoms with Gasteiger partial charge in [0.05, 0.1) is 0 Å². The van der Waals surface area contributed by atoms with Crippen molar-refractivity contribution in [3.63, 3.8) is 0 Å². The van der Waals surface area contributed by atoms with Gasteiger partial charge in [-0.25, -0.2) is 0 Å². The van der Waals surface area contributed by atoms with E-state index in [1.807, 2.05) is 0 Å². The maximum Gasteiger partial charge on any atom is -0.0443 e. The molecule has 1 saturated carbocycles. The van der Waals surface area contributed by atoms with Gasteiger partial charge in [-0.2, -0.15) is 0 Å². The number of rotatable bonds is 0. The Kier molecular flexibility index (Phi) is 3.86. The van der Waals surface area contributed by atoms with Crippen LogP contribution in [0.5, 0.6) is 0 Å². The predicted molar refractivity (Wildman–Crippen MR) is 46.1 cm³/mol. The van der Waals surface area contributed by atoms with E-state index >= 15 is 0 Å². The van der Waals surface area contributed by atoms with E-state index in [9.17, 15) is 0 Å². The van der Waals surface area contributed by atoms with Gasteiger partial charge in [-0.1, -0.05) is 58.3 Å². The lowest BCUT2D eigenvalue weighted by atomic mass is 10.00. The van der Waals surface area contributed by atoms with Crippen LogP contribution < -0.4 is 0 Å². The molecule has 0 spiro atoms. The minimum absolute atomic E-state index is 1.01. The van der Waals surface area contributed by atoms with Crippen LogP contribution in [0.3, 0.4) is 0 Å². The molecule has 0 nitrogen and oxygen atoms in total. The molecule has 0 N–H and O–H groups in total. The average Bonchev–Trinajstić information content (AvgIpc) is 2.02. The van der Waals surface area contributed by atoms with Crippen molar-refractivity contribution in [1.82, 2.24) is 0 Å². The maximum absolute atomic E-state index is 2.41. The zero-order chi connectivity index (χ0) is 7.23. The molecule has 1 aliphatic carbocycles. The highest BCUT2D eigenvalue weighted by Crippen LogP contribution is 2.20. The molecule has 0 amide bonds. The third-order valence-corrected chi connectivity index (χ3v) is 2.64. The average molecular weight is 140 g/mol.